The van der Waals surface area contributed by atoms with Crippen molar-refractivity contribution in [2.45, 2.75) is 12.5 Å². The van der Waals surface area contributed by atoms with E-state index in [0.717, 1.165) is 0 Å². The molecule has 1 saturated heterocycles. The highest BCUT2D eigenvalue weighted by molar-refractivity contribution is 5.76. The van der Waals surface area contributed by atoms with Crippen molar-refractivity contribution in [1.29, 1.82) is 0 Å². The lowest BCUT2D eigenvalue weighted by molar-refractivity contribution is -0.145. The van der Waals surface area contributed by atoms with E-state index >= 15 is 0 Å². The average molecular weight is 172 g/mol. The van der Waals surface area contributed by atoms with Gasteiger partial charge in [0, 0.05) is 13.5 Å². The lowest BCUT2D eigenvalue weighted by atomic mass is 10.3. The van der Waals surface area contributed by atoms with Crippen LogP contribution in [-0.2, 0) is 19.0 Å². The molecule has 0 amide bonds. The van der Waals surface area contributed by atoms with Crippen molar-refractivity contribution in [3.63, 3.8) is 0 Å². The second-order valence-corrected chi connectivity index (χ2v) is 2.53. The summed E-state index contributed by atoms with van der Waals surface area (Å²) >= 11 is 0. The van der Waals surface area contributed by atoms with Crippen molar-refractivity contribution < 1.29 is 19.0 Å². The van der Waals surface area contributed by atoms with Crippen LogP contribution in [0.25, 0.3) is 0 Å². The quantitative estimate of drug-likeness (QED) is 0.457. The highest BCUT2D eigenvalue weighted by atomic mass is 16.6. The molecule has 4 nitrogen and oxygen atoms in total. The Bertz CT molecular complexity index is 187. The number of carbonyl (C=O) groups is 1. The fraction of sp³-hybridized carbons (Fsp3) is 0.625. The normalized spacial score (nSPS) is 22.1. The van der Waals surface area contributed by atoms with Crippen molar-refractivity contribution in [3.05, 3.63) is 12.3 Å². The third kappa shape index (κ3) is 2.23. The van der Waals surface area contributed by atoms with Gasteiger partial charge in [0.25, 0.3) is 0 Å². The van der Waals surface area contributed by atoms with Crippen molar-refractivity contribution in [2.75, 3.05) is 20.3 Å². The van der Waals surface area contributed by atoms with Crippen LogP contribution in [0.3, 0.4) is 0 Å². The maximum absolute atomic E-state index is 10.9. The van der Waals surface area contributed by atoms with Crippen LogP contribution in [0.2, 0.25) is 0 Å². The number of ether oxygens (including phenoxy) is 3. The van der Waals surface area contributed by atoms with E-state index in [9.17, 15) is 4.79 Å². The van der Waals surface area contributed by atoms with Gasteiger partial charge in [-0.3, -0.25) is 0 Å². The van der Waals surface area contributed by atoms with E-state index in [-0.39, 0.29) is 5.97 Å². The molecule has 0 spiro atoms. The van der Waals surface area contributed by atoms with Gasteiger partial charge in [0.2, 0.25) is 0 Å². The van der Waals surface area contributed by atoms with Crippen LogP contribution < -0.4 is 0 Å². The number of esters is 1. The molecular formula is C8H12O4. The zero-order valence-corrected chi connectivity index (χ0v) is 7.04. The van der Waals surface area contributed by atoms with E-state index in [1.807, 2.05) is 0 Å². The van der Waals surface area contributed by atoms with Gasteiger partial charge < -0.3 is 14.2 Å². The summed E-state index contributed by atoms with van der Waals surface area (Å²) < 4.78 is 14.6. The van der Waals surface area contributed by atoms with Gasteiger partial charge in [0.15, 0.2) is 6.10 Å². The van der Waals surface area contributed by atoms with E-state index < -0.39 is 6.10 Å². The molecule has 1 aliphatic rings. The van der Waals surface area contributed by atoms with Crippen molar-refractivity contribution in [2.24, 2.45) is 0 Å². The SMILES string of the molecule is C=C(COC)OC1CCOC1=O. The molecule has 1 fully saturated rings. The summed E-state index contributed by atoms with van der Waals surface area (Å²) in [6, 6.07) is 0. The summed E-state index contributed by atoms with van der Waals surface area (Å²) in [6.07, 6.45) is 0.120. The van der Waals surface area contributed by atoms with Gasteiger partial charge in [-0.1, -0.05) is 6.58 Å². The highest BCUT2D eigenvalue weighted by Crippen LogP contribution is 2.13. The van der Waals surface area contributed by atoms with Crippen molar-refractivity contribution >= 4 is 5.97 Å². The van der Waals surface area contributed by atoms with Crippen LogP contribution >= 0.6 is 0 Å². The third-order valence-corrected chi connectivity index (χ3v) is 1.50. The Labute approximate surface area is 71.1 Å². The molecule has 1 aliphatic heterocycles. The molecule has 12 heavy (non-hydrogen) atoms. The molecule has 0 N–H and O–H groups in total. The Balaban J connectivity index is 2.30. The molecule has 1 unspecified atom stereocenters. The predicted molar refractivity (Wildman–Crippen MR) is 41.5 cm³/mol. The van der Waals surface area contributed by atoms with Crippen LogP contribution in [-0.4, -0.2) is 32.4 Å². The molecule has 0 saturated carbocycles. The zero-order valence-electron chi connectivity index (χ0n) is 7.04. The van der Waals surface area contributed by atoms with Gasteiger partial charge in [-0.05, 0) is 0 Å². The van der Waals surface area contributed by atoms with Gasteiger partial charge in [-0.25, -0.2) is 4.79 Å². The molecule has 68 valence electrons. The standard InChI is InChI=1S/C8H12O4/c1-6(5-10-2)12-7-3-4-11-8(7)9/h7H,1,3-5H2,2H3. The topological polar surface area (TPSA) is 44.8 Å². The minimum Gasteiger partial charge on any atom is -0.481 e. The zero-order chi connectivity index (χ0) is 8.97. The van der Waals surface area contributed by atoms with Crippen molar-refractivity contribution in [1.82, 2.24) is 0 Å². The first-order chi connectivity index (χ1) is 5.74. The second-order valence-electron chi connectivity index (χ2n) is 2.53. The van der Waals surface area contributed by atoms with Crippen LogP contribution in [0.15, 0.2) is 12.3 Å². The molecule has 0 aromatic rings. The van der Waals surface area contributed by atoms with Crippen LogP contribution in [0.1, 0.15) is 6.42 Å². The van der Waals surface area contributed by atoms with Crippen LogP contribution in [0.5, 0.6) is 0 Å². The minimum absolute atomic E-state index is 0.309. The number of hydrogen-bond donors (Lipinski definition) is 0. The summed E-state index contributed by atoms with van der Waals surface area (Å²) in [5.74, 6) is 0.147. The summed E-state index contributed by atoms with van der Waals surface area (Å²) in [5, 5.41) is 0. The number of cyclic esters (lactones) is 1. The predicted octanol–water partition coefficient (Wildman–Crippen LogP) is 0.479. The molecule has 0 bridgehead atoms. The molecule has 0 aromatic carbocycles. The largest absolute Gasteiger partial charge is 0.481 e. The minimum atomic E-state index is -0.479. The second kappa shape index (κ2) is 4.11. The summed E-state index contributed by atoms with van der Waals surface area (Å²) in [5.41, 5.74) is 0. The lowest BCUT2D eigenvalue weighted by Crippen LogP contribution is -2.19. The van der Waals surface area contributed by atoms with Crippen LogP contribution in [0, 0.1) is 0 Å². The van der Waals surface area contributed by atoms with Gasteiger partial charge in [-0.15, -0.1) is 0 Å². The van der Waals surface area contributed by atoms with E-state index in [1.54, 1.807) is 7.11 Å². The highest BCUT2D eigenvalue weighted by Gasteiger charge is 2.28. The summed E-state index contributed by atoms with van der Waals surface area (Å²) in [4.78, 5) is 10.9. The molecule has 4 heteroatoms. The maximum atomic E-state index is 10.9. The van der Waals surface area contributed by atoms with E-state index in [2.05, 4.69) is 6.58 Å². The smallest absolute Gasteiger partial charge is 0.347 e. The Morgan fingerprint density at radius 1 is 1.83 bits per heavy atom. The molecule has 0 aliphatic carbocycles. The molecule has 0 radical (unpaired) electrons. The van der Waals surface area contributed by atoms with Gasteiger partial charge in [0.1, 0.15) is 12.4 Å². The van der Waals surface area contributed by atoms with E-state index in [0.29, 0.717) is 25.4 Å². The Hall–Kier alpha value is -1.03. The maximum Gasteiger partial charge on any atom is 0.347 e. The average Bonchev–Trinajstić information content (AvgIpc) is 2.37. The summed E-state index contributed by atoms with van der Waals surface area (Å²) in [6.45, 7) is 4.33. The van der Waals surface area contributed by atoms with Gasteiger partial charge in [0.05, 0.1) is 6.61 Å². The lowest BCUT2D eigenvalue weighted by Gasteiger charge is -2.10. The molecular weight excluding hydrogens is 160 g/mol. The number of carbonyl (C=O) groups excluding carboxylic acids is 1. The molecule has 1 atom stereocenters. The fourth-order valence-electron chi connectivity index (χ4n) is 0.981. The van der Waals surface area contributed by atoms with E-state index in [1.165, 1.54) is 0 Å². The molecule has 1 heterocycles. The number of rotatable bonds is 4. The third-order valence-electron chi connectivity index (χ3n) is 1.50. The first-order valence-corrected chi connectivity index (χ1v) is 3.74. The molecule has 1 rings (SSSR count). The van der Waals surface area contributed by atoms with Crippen molar-refractivity contribution in [3.8, 4) is 0 Å². The van der Waals surface area contributed by atoms with Gasteiger partial charge in [-0.2, -0.15) is 0 Å². The number of hydrogen-bond acceptors (Lipinski definition) is 4. The van der Waals surface area contributed by atoms with Crippen LogP contribution in [0.4, 0.5) is 0 Å². The Morgan fingerprint density at radius 2 is 2.58 bits per heavy atom. The monoisotopic (exact) mass is 172 g/mol. The fourth-order valence-corrected chi connectivity index (χ4v) is 0.981. The summed E-state index contributed by atoms with van der Waals surface area (Å²) in [7, 11) is 1.54. The Morgan fingerprint density at radius 3 is 3.08 bits per heavy atom. The Kier molecular flexibility index (Phi) is 3.10. The van der Waals surface area contributed by atoms with E-state index in [4.69, 9.17) is 14.2 Å². The first-order valence-electron chi connectivity index (χ1n) is 3.74. The molecule has 0 aromatic heterocycles. The number of methoxy groups -OCH3 is 1. The first kappa shape index (κ1) is 9.06. The van der Waals surface area contributed by atoms with Gasteiger partial charge >= 0.3 is 5.97 Å².